The van der Waals surface area contributed by atoms with E-state index in [1.165, 1.54) is 0 Å². The van der Waals surface area contributed by atoms with Crippen molar-refractivity contribution >= 4 is 17.5 Å². The Morgan fingerprint density at radius 3 is 2.41 bits per heavy atom. The summed E-state index contributed by atoms with van der Waals surface area (Å²) in [5.74, 6) is 0.577. The molecule has 0 heterocycles. The first-order valence-electron chi connectivity index (χ1n) is 10.0. The molecule has 2 amide bonds. The maximum absolute atomic E-state index is 12.2. The van der Waals surface area contributed by atoms with Crippen LogP contribution in [-0.2, 0) is 11.3 Å². The number of ether oxygens (including phenoxy) is 1. The highest BCUT2D eigenvalue weighted by atomic mass is 16.5. The molecule has 0 radical (unpaired) electrons. The van der Waals surface area contributed by atoms with E-state index in [2.05, 4.69) is 16.0 Å². The van der Waals surface area contributed by atoms with E-state index in [1.54, 1.807) is 18.2 Å². The number of rotatable bonds is 10. The van der Waals surface area contributed by atoms with E-state index in [9.17, 15) is 9.59 Å². The summed E-state index contributed by atoms with van der Waals surface area (Å²) in [5.41, 5.74) is 2.30. The minimum atomic E-state index is -0.123. The third-order valence-corrected chi connectivity index (χ3v) is 4.35. The molecule has 0 aliphatic carbocycles. The smallest absolute Gasteiger partial charge is 0.251 e. The van der Waals surface area contributed by atoms with Crippen molar-refractivity contribution in [3.63, 3.8) is 0 Å². The Balaban J connectivity index is 1.80. The van der Waals surface area contributed by atoms with Gasteiger partial charge in [0.15, 0.2) is 0 Å². The summed E-state index contributed by atoms with van der Waals surface area (Å²) < 4.78 is 5.61. The topological polar surface area (TPSA) is 79.5 Å². The van der Waals surface area contributed by atoms with Crippen LogP contribution in [0.15, 0.2) is 48.5 Å². The van der Waals surface area contributed by atoms with E-state index in [0.29, 0.717) is 12.1 Å². The molecule has 0 aliphatic heterocycles. The second-order valence-electron chi connectivity index (χ2n) is 7.30. The highest BCUT2D eigenvalue weighted by Crippen LogP contribution is 2.14. The van der Waals surface area contributed by atoms with E-state index < -0.39 is 0 Å². The van der Waals surface area contributed by atoms with E-state index in [-0.39, 0.29) is 30.5 Å². The van der Waals surface area contributed by atoms with Crippen LogP contribution in [0.4, 0.5) is 5.69 Å². The van der Waals surface area contributed by atoms with Crippen molar-refractivity contribution in [1.82, 2.24) is 10.6 Å². The van der Waals surface area contributed by atoms with Gasteiger partial charge in [0.1, 0.15) is 5.75 Å². The van der Waals surface area contributed by atoms with Crippen LogP contribution in [0, 0.1) is 0 Å². The molecule has 3 N–H and O–H groups in total. The van der Waals surface area contributed by atoms with Crippen LogP contribution in [0.1, 0.15) is 50.0 Å². The minimum Gasteiger partial charge on any atom is -0.491 e. The van der Waals surface area contributed by atoms with Gasteiger partial charge in [0, 0.05) is 23.8 Å². The van der Waals surface area contributed by atoms with Gasteiger partial charge in [0.25, 0.3) is 5.91 Å². The molecule has 0 aromatic heterocycles. The van der Waals surface area contributed by atoms with Crippen LogP contribution in [0.5, 0.6) is 5.75 Å². The Hall–Kier alpha value is -3.02. The lowest BCUT2D eigenvalue weighted by Crippen LogP contribution is -2.32. The fraction of sp³-hybridized carbons (Fsp3) is 0.391. The molecule has 156 valence electrons. The SMILES string of the molecule is CCC(C)NC(=O)c1cccc(NCC(=O)NCc2ccc(OC(C)C)cc2)c1. The van der Waals surface area contributed by atoms with Crippen LogP contribution in [0.3, 0.4) is 0 Å². The predicted octanol–water partition coefficient (Wildman–Crippen LogP) is 3.73. The molecule has 2 rings (SSSR count). The quantitative estimate of drug-likeness (QED) is 0.571. The third kappa shape index (κ3) is 7.86. The third-order valence-electron chi connectivity index (χ3n) is 4.35. The van der Waals surface area contributed by atoms with Crippen molar-refractivity contribution < 1.29 is 14.3 Å². The monoisotopic (exact) mass is 397 g/mol. The molecule has 2 aromatic rings. The fourth-order valence-electron chi connectivity index (χ4n) is 2.58. The van der Waals surface area contributed by atoms with Gasteiger partial charge in [-0.05, 0) is 63.1 Å². The second-order valence-corrected chi connectivity index (χ2v) is 7.30. The molecule has 0 saturated heterocycles. The predicted molar refractivity (Wildman–Crippen MR) is 116 cm³/mol. The van der Waals surface area contributed by atoms with Crippen molar-refractivity contribution in [2.75, 3.05) is 11.9 Å². The molecule has 6 heteroatoms. The minimum absolute atomic E-state index is 0.114. The molecule has 0 bridgehead atoms. The molecule has 0 saturated carbocycles. The van der Waals surface area contributed by atoms with Gasteiger partial charge in [-0.2, -0.15) is 0 Å². The Labute approximate surface area is 173 Å². The molecule has 6 nitrogen and oxygen atoms in total. The summed E-state index contributed by atoms with van der Waals surface area (Å²) >= 11 is 0. The van der Waals surface area contributed by atoms with Gasteiger partial charge in [0.05, 0.1) is 12.6 Å². The van der Waals surface area contributed by atoms with Crippen LogP contribution in [0.25, 0.3) is 0 Å². The highest BCUT2D eigenvalue weighted by molar-refractivity contribution is 5.95. The molecule has 1 atom stereocenters. The van der Waals surface area contributed by atoms with Crippen molar-refractivity contribution in [3.8, 4) is 5.75 Å². The number of anilines is 1. The Morgan fingerprint density at radius 1 is 1.03 bits per heavy atom. The zero-order chi connectivity index (χ0) is 21.2. The molecule has 29 heavy (non-hydrogen) atoms. The zero-order valence-electron chi connectivity index (χ0n) is 17.6. The Morgan fingerprint density at radius 2 is 1.76 bits per heavy atom. The highest BCUT2D eigenvalue weighted by Gasteiger charge is 2.09. The van der Waals surface area contributed by atoms with Gasteiger partial charge in [-0.15, -0.1) is 0 Å². The van der Waals surface area contributed by atoms with Crippen LogP contribution >= 0.6 is 0 Å². The molecular formula is C23H31N3O3. The number of hydrogen-bond acceptors (Lipinski definition) is 4. The molecular weight excluding hydrogens is 366 g/mol. The van der Waals surface area contributed by atoms with E-state index in [4.69, 9.17) is 4.74 Å². The second kappa shape index (κ2) is 11.1. The number of nitrogens with one attached hydrogen (secondary N) is 3. The summed E-state index contributed by atoms with van der Waals surface area (Å²) in [6, 6.07) is 14.9. The lowest BCUT2D eigenvalue weighted by atomic mass is 10.1. The average molecular weight is 398 g/mol. The summed E-state index contributed by atoms with van der Waals surface area (Å²) in [6.45, 7) is 8.53. The standard InChI is InChI=1S/C23H31N3O3/c1-5-17(4)26-23(28)19-7-6-8-20(13-19)24-15-22(27)25-14-18-9-11-21(12-10-18)29-16(2)3/h6-13,16-17,24H,5,14-15H2,1-4H3,(H,25,27)(H,26,28). The van der Waals surface area contributed by atoms with Gasteiger partial charge >= 0.3 is 0 Å². The van der Waals surface area contributed by atoms with E-state index in [0.717, 1.165) is 23.4 Å². The number of amides is 2. The number of hydrogen-bond donors (Lipinski definition) is 3. The average Bonchev–Trinajstić information content (AvgIpc) is 2.71. The lowest BCUT2D eigenvalue weighted by molar-refractivity contribution is -0.119. The van der Waals surface area contributed by atoms with Crippen LogP contribution < -0.4 is 20.7 Å². The first-order chi connectivity index (χ1) is 13.9. The number of carbonyl (C=O) groups is 2. The molecule has 1 unspecified atom stereocenters. The van der Waals surface area contributed by atoms with E-state index in [1.807, 2.05) is 58.0 Å². The van der Waals surface area contributed by atoms with Crippen molar-refractivity contribution in [2.45, 2.75) is 52.8 Å². The zero-order valence-corrected chi connectivity index (χ0v) is 17.6. The van der Waals surface area contributed by atoms with Gasteiger partial charge in [0.2, 0.25) is 5.91 Å². The summed E-state index contributed by atoms with van der Waals surface area (Å²) in [7, 11) is 0. The molecule has 2 aromatic carbocycles. The maximum atomic E-state index is 12.2. The lowest BCUT2D eigenvalue weighted by Gasteiger charge is -2.13. The normalized spacial score (nSPS) is 11.6. The first kappa shape index (κ1) is 22.3. The van der Waals surface area contributed by atoms with Gasteiger partial charge in [-0.3, -0.25) is 9.59 Å². The van der Waals surface area contributed by atoms with E-state index >= 15 is 0 Å². The van der Waals surface area contributed by atoms with Gasteiger partial charge in [-0.1, -0.05) is 25.1 Å². The van der Waals surface area contributed by atoms with Crippen LogP contribution in [0.2, 0.25) is 0 Å². The molecule has 0 fully saturated rings. The fourth-order valence-corrected chi connectivity index (χ4v) is 2.58. The molecule has 0 aliphatic rings. The van der Waals surface area contributed by atoms with Crippen molar-refractivity contribution in [1.29, 1.82) is 0 Å². The Bertz CT molecular complexity index is 803. The summed E-state index contributed by atoms with van der Waals surface area (Å²) in [5, 5.41) is 8.88. The van der Waals surface area contributed by atoms with Crippen LogP contribution in [-0.4, -0.2) is 30.5 Å². The largest absolute Gasteiger partial charge is 0.491 e. The molecule has 0 spiro atoms. The number of carbonyl (C=O) groups excluding carboxylic acids is 2. The van der Waals surface area contributed by atoms with Gasteiger partial charge in [-0.25, -0.2) is 0 Å². The Kier molecular flexibility index (Phi) is 8.52. The summed E-state index contributed by atoms with van der Waals surface area (Å²) in [4.78, 5) is 24.3. The van der Waals surface area contributed by atoms with Gasteiger partial charge < -0.3 is 20.7 Å². The summed E-state index contributed by atoms with van der Waals surface area (Å²) in [6.07, 6.45) is 1.00. The maximum Gasteiger partial charge on any atom is 0.251 e. The first-order valence-corrected chi connectivity index (χ1v) is 10.0. The van der Waals surface area contributed by atoms with Crippen molar-refractivity contribution in [2.24, 2.45) is 0 Å². The number of benzene rings is 2. The van der Waals surface area contributed by atoms with Crippen molar-refractivity contribution in [3.05, 3.63) is 59.7 Å².